The van der Waals surface area contributed by atoms with Crippen molar-refractivity contribution in [2.45, 2.75) is 96.8 Å². The summed E-state index contributed by atoms with van der Waals surface area (Å²) in [6.07, 6.45) is 20.9. The second kappa shape index (κ2) is 18.4. The summed E-state index contributed by atoms with van der Waals surface area (Å²) in [5.41, 5.74) is 0. The van der Waals surface area contributed by atoms with Crippen LogP contribution in [0.1, 0.15) is 96.8 Å². The van der Waals surface area contributed by atoms with Gasteiger partial charge in [0.15, 0.2) is 0 Å². The van der Waals surface area contributed by atoms with Gasteiger partial charge in [-0.2, -0.15) is 8.42 Å². The SMILES string of the molecule is CCCCCCCC/C=C\CCCCCCCC(=O)NCCOS(=O)(=O)O. The van der Waals surface area contributed by atoms with Gasteiger partial charge in [-0.1, -0.05) is 70.4 Å². The van der Waals surface area contributed by atoms with Gasteiger partial charge in [0.25, 0.3) is 0 Å². The number of hydrogen-bond donors (Lipinski definition) is 2. The second-order valence-corrected chi connectivity index (χ2v) is 8.03. The Kier molecular flexibility index (Phi) is 17.8. The van der Waals surface area contributed by atoms with Gasteiger partial charge in [-0.15, -0.1) is 0 Å². The maximum atomic E-state index is 11.5. The Balaban J connectivity index is 3.28. The quantitative estimate of drug-likeness (QED) is 0.180. The molecule has 0 aromatic carbocycles. The molecule has 0 heterocycles. The van der Waals surface area contributed by atoms with Gasteiger partial charge in [-0.05, 0) is 32.1 Å². The van der Waals surface area contributed by atoms with Crippen LogP contribution in [-0.4, -0.2) is 32.0 Å². The minimum Gasteiger partial charge on any atom is -0.354 e. The normalized spacial score (nSPS) is 11.9. The van der Waals surface area contributed by atoms with Crippen LogP contribution in [0, 0.1) is 0 Å². The van der Waals surface area contributed by atoms with E-state index in [1.165, 1.54) is 57.8 Å². The first kappa shape index (κ1) is 26.1. The molecule has 0 aliphatic rings. The fourth-order valence-electron chi connectivity index (χ4n) is 2.78. The number of nitrogens with one attached hydrogen (secondary N) is 1. The Morgan fingerprint density at radius 1 is 0.889 bits per heavy atom. The lowest BCUT2D eigenvalue weighted by Gasteiger charge is -2.04. The minimum atomic E-state index is -4.42. The first-order valence-electron chi connectivity index (χ1n) is 10.5. The van der Waals surface area contributed by atoms with E-state index in [9.17, 15) is 13.2 Å². The zero-order valence-electron chi connectivity index (χ0n) is 17.0. The molecule has 0 fully saturated rings. The lowest BCUT2D eigenvalue weighted by atomic mass is 10.1. The van der Waals surface area contributed by atoms with E-state index < -0.39 is 10.4 Å². The van der Waals surface area contributed by atoms with E-state index in [1.807, 2.05) is 0 Å². The van der Waals surface area contributed by atoms with E-state index in [4.69, 9.17) is 4.55 Å². The standard InChI is InChI=1S/C20H39NO5S/c1-2-3-4-5-6-7-8-9-10-11-12-13-14-15-16-17-20(22)21-18-19-26-27(23,24)25/h9-10H,2-8,11-19H2,1H3,(H,21,22)(H,23,24,25)/b10-9-. The highest BCUT2D eigenvalue weighted by Crippen LogP contribution is 2.09. The van der Waals surface area contributed by atoms with Crippen molar-refractivity contribution in [1.82, 2.24) is 5.32 Å². The average molecular weight is 406 g/mol. The summed E-state index contributed by atoms with van der Waals surface area (Å²) >= 11 is 0. The van der Waals surface area contributed by atoms with E-state index in [0.717, 1.165) is 25.7 Å². The third-order valence-corrected chi connectivity index (χ3v) is 4.79. The molecule has 0 aromatic rings. The monoisotopic (exact) mass is 405 g/mol. The van der Waals surface area contributed by atoms with Crippen LogP contribution in [0.25, 0.3) is 0 Å². The van der Waals surface area contributed by atoms with E-state index in [0.29, 0.717) is 6.42 Å². The van der Waals surface area contributed by atoms with Gasteiger partial charge in [-0.3, -0.25) is 9.35 Å². The third-order valence-electron chi connectivity index (χ3n) is 4.32. The summed E-state index contributed by atoms with van der Waals surface area (Å²) < 4.78 is 33.1. The first-order chi connectivity index (χ1) is 13.0. The lowest BCUT2D eigenvalue weighted by Crippen LogP contribution is -2.27. The highest BCUT2D eigenvalue weighted by Gasteiger charge is 2.05. The molecule has 7 heteroatoms. The zero-order chi connectivity index (χ0) is 20.2. The molecule has 0 aromatic heterocycles. The predicted octanol–water partition coefficient (Wildman–Crippen LogP) is 4.96. The van der Waals surface area contributed by atoms with E-state index >= 15 is 0 Å². The van der Waals surface area contributed by atoms with Crippen LogP contribution in [0.3, 0.4) is 0 Å². The molecule has 0 bridgehead atoms. The van der Waals surface area contributed by atoms with Crippen molar-refractivity contribution >= 4 is 16.3 Å². The number of hydrogen-bond acceptors (Lipinski definition) is 4. The predicted molar refractivity (Wildman–Crippen MR) is 110 cm³/mol. The van der Waals surface area contributed by atoms with Crippen molar-refractivity contribution in [3.05, 3.63) is 12.2 Å². The summed E-state index contributed by atoms with van der Waals surface area (Å²) in [7, 11) is -4.42. The number of amides is 1. The van der Waals surface area contributed by atoms with Crippen molar-refractivity contribution in [2.24, 2.45) is 0 Å². The molecule has 0 radical (unpaired) electrons. The molecular formula is C20H39NO5S. The van der Waals surface area contributed by atoms with Crippen LogP contribution < -0.4 is 5.32 Å². The van der Waals surface area contributed by atoms with Crippen LogP contribution in [-0.2, 0) is 19.4 Å². The average Bonchev–Trinajstić information content (AvgIpc) is 2.61. The molecule has 0 spiro atoms. The number of carbonyl (C=O) groups excluding carboxylic acids is 1. The molecule has 0 saturated carbocycles. The Labute approximate surface area is 166 Å². The molecule has 0 unspecified atom stereocenters. The molecule has 0 rings (SSSR count). The van der Waals surface area contributed by atoms with Gasteiger partial charge in [-0.25, -0.2) is 4.18 Å². The summed E-state index contributed by atoms with van der Waals surface area (Å²) in [4.78, 5) is 11.5. The van der Waals surface area contributed by atoms with E-state index in [-0.39, 0.29) is 19.1 Å². The molecule has 27 heavy (non-hydrogen) atoms. The molecule has 0 saturated heterocycles. The van der Waals surface area contributed by atoms with Gasteiger partial charge >= 0.3 is 10.4 Å². The van der Waals surface area contributed by atoms with Crippen LogP contribution in [0.5, 0.6) is 0 Å². The zero-order valence-corrected chi connectivity index (χ0v) is 17.8. The number of unbranched alkanes of at least 4 members (excludes halogenated alkanes) is 11. The topological polar surface area (TPSA) is 92.7 Å². The Morgan fingerprint density at radius 3 is 1.96 bits per heavy atom. The summed E-state index contributed by atoms with van der Waals surface area (Å²) in [6, 6.07) is 0. The number of allylic oxidation sites excluding steroid dienone is 2. The summed E-state index contributed by atoms with van der Waals surface area (Å²) in [6.45, 7) is 2.07. The van der Waals surface area contributed by atoms with Crippen molar-refractivity contribution in [2.75, 3.05) is 13.2 Å². The smallest absolute Gasteiger partial charge is 0.354 e. The minimum absolute atomic E-state index is 0.0731. The van der Waals surface area contributed by atoms with Crippen LogP contribution in [0.4, 0.5) is 0 Å². The Hall–Kier alpha value is -0.920. The first-order valence-corrected chi connectivity index (χ1v) is 11.9. The van der Waals surface area contributed by atoms with Gasteiger partial charge in [0.1, 0.15) is 0 Å². The molecule has 0 atom stereocenters. The number of carbonyl (C=O) groups is 1. The lowest BCUT2D eigenvalue weighted by molar-refractivity contribution is -0.121. The highest BCUT2D eigenvalue weighted by molar-refractivity contribution is 7.80. The Morgan fingerprint density at radius 2 is 1.41 bits per heavy atom. The van der Waals surface area contributed by atoms with Crippen molar-refractivity contribution < 1.29 is 21.9 Å². The molecule has 160 valence electrons. The van der Waals surface area contributed by atoms with E-state index in [1.54, 1.807) is 0 Å². The molecule has 0 aliphatic carbocycles. The molecule has 6 nitrogen and oxygen atoms in total. The maximum absolute atomic E-state index is 11.5. The maximum Gasteiger partial charge on any atom is 0.397 e. The van der Waals surface area contributed by atoms with Gasteiger partial charge in [0, 0.05) is 13.0 Å². The summed E-state index contributed by atoms with van der Waals surface area (Å²) in [5, 5.41) is 2.56. The van der Waals surface area contributed by atoms with Crippen molar-refractivity contribution in [3.8, 4) is 0 Å². The summed E-state index contributed by atoms with van der Waals surface area (Å²) in [5.74, 6) is -0.119. The fourth-order valence-corrected chi connectivity index (χ4v) is 3.08. The van der Waals surface area contributed by atoms with Crippen LogP contribution in [0.2, 0.25) is 0 Å². The number of rotatable bonds is 19. The van der Waals surface area contributed by atoms with Gasteiger partial charge < -0.3 is 5.32 Å². The van der Waals surface area contributed by atoms with Gasteiger partial charge in [0.05, 0.1) is 6.61 Å². The molecule has 2 N–H and O–H groups in total. The second-order valence-electron chi connectivity index (χ2n) is 6.93. The molecule has 0 aliphatic heterocycles. The third kappa shape index (κ3) is 23.0. The van der Waals surface area contributed by atoms with Crippen molar-refractivity contribution in [3.63, 3.8) is 0 Å². The van der Waals surface area contributed by atoms with E-state index in [2.05, 4.69) is 28.6 Å². The van der Waals surface area contributed by atoms with Crippen molar-refractivity contribution in [1.29, 1.82) is 0 Å². The van der Waals surface area contributed by atoms with Crippen LogP contribution in [0.15, 0.2) is 12.2 Å². The fraction of sp³-hybridized carbons (Fsp3) is 0.850. The van der Waals surface area contributed by atoms with Crippen LogP contribution >= 0.6 is 0 Å². The highest BCUT2D eigenvalue weighted by atomic mass is 32.3. The molecule has 1 amide bonds. The Bertz CT molecular complexity index is 477. The largest absolute Gasteiger partial charge is 0.397 e. The van der Waals surface area contributed by atoms with Gasteiger partial charge in [0.2, 0.25) is 5.91 Å². The molecular weight excluding hydrogens is 366 g/mol.